The van der Waals surface area contributed by atoms with E-state index in [1.807, 2.05) is 49.4 Å². The number of ether oxygens (including phenoxy) is 1. The zero-order valence-electron chi connectivity index (χ0n) is 17.2. The number of anilines is 1. The van der Waals surface area contributed by atoms with Gasteiger partial charge in [-0.15, -0.1) is 0 Å². The van der Waals surface area contributed by atoms with Gasteiger partial charge in [0.2, 0.25) is 0 Å². The number of benzene rings is 2. The van der Waals surface area contributed by atoms with Gasteiger partial charge in [0, 0.05) is 28.5 Å². The van der Waals surface area contributed by atoms with Crippen LogP contribution in [-0.2, 0) is 17.6 Å². The molecule has 0 atom stereocenters. The van der Waals surface area contributed by atoms with Crippen LogP contribution in [-0.4, -0.2) is 17.5 Å². The van der Waals surface area contributed by atoms with E-state index in [1.165, 1.54) is 18.4 Å². The summed E-state index contributed by atoms with van der Waals surface area (Å²) in [6.45, 7) is 3.95. The van der Waals surface area contributed by atoms with E-state index in [0.29, 0.717) is 11.4 Å². The van der Waals surface area contributed by atoms with Crippen LogP contribution in [0.1, 0.15) is 35.4 Å². The molecule has 5 rings (SSSR count). The van der Waals surface area contributed by atoms with Crippen LogP contribution in [0.3, 0.4) is 0 Å². The van der Waals surface area contributed by atoms with Gasteiger partial charge in [-0.05, 0) is 69.0 Å². The van der Waals surface area contributed by atoms with Crippen LogP contribution >= 0.6 is 0 Å². The maximum Gasteiger partial charge on any atom is 0.262 e. The molecule has 0 spiro atoms. The minimum atomic E-state index is -0.210. The SMILES string of the molecule is Cc1cc(C)c2cccc(NC(=O)COc3ccc4oc5c(c4c3)CCCC5)c2n1. The van der Waals surface area contributed by atoms with Crippen molar-refractivity contribution in [1.29, 1.82) is 0 Å². The van der Waals surface area contributed by atoms with Crippen molar-refractivity contribution >= 4 is 33.5 Å². The molecule has 30 heavy (non-hydrogen) atoms. The number of fused-ring (bicyclic) bond motifs is 4. The number of pyridine rings is 1. The van der Waals surface area contributed by atoms with Crippen molar-refractivity contribution in [3.63, 3.8) is 0 Å². The van der Waals surface area contributed by atoms with Gasteiger partial charge in [-0.1, -0.05) is 12.1 Å². The summed E-state index contributed by atoms with van der Waals surface area (Å²) < 4.78 is 11.8. The minimum Gasteiger partial charge on any atom is -0.484 e. The normalized spacial score (nSPS) is 13.4. The Morgan fingerprint density at radius 3 is 2.87 bits per heavy atom. The van der Waals surface area contributed by atoms with E-state index in [2.05, 4.69) is 17.2 Å². The average Bonchev–Trinajstić information content (AvgIpc) is 3.11. The second-order valence-corrected chi connectivity index (χ2v) is 7.99. The molecule has 2 heterocycles. The van der Waals surface area contributed by atoms with Gasteiger partial charge in [0.05, 0.1) is 11.2 Å². The van der Waals surface area contributed by atoms with Gasteiger partial charge in [0.15, 0.2) is 6.61 Å². The molecule has 0 saturated carbocycles. The van der Waals surface area contributed by atoms with E-state index >= 15 is 0 Å². The van der Waals surface area contributed by atoms with Gasteiger partial charge < -0.3 is 14.5 Å². The van der Waals surface area contributed by atoms with Crippen molar-refractivity contribution < 1.29 is 13.9 Å². The molecular weight excluding hydrogens is 376 g/mol. The third-order valence-corrected chi connectivity index (χ3v) is 5.74. The van der Waals surface area contributed by atoms with Gasteiger partial charge in [-0.25, -0.2) is 0 Å². The van der Waals surface area contributed by atoms with Crippen LogP contribution in [0.4, 0.5) is 5.69 Å². The molecule has 1 aliphatic rings. The van der Waals surface area contributed by atoms with E-state index in [1.54, 1.807) is 0 Å². The lowest BCUT2D eigenvalue weighted by Crippen LogP contribution is -2.20. The van der Waals surface area contributed by atoms with Crippen LogP contribution in [0.15, 0.2) is 46.9 Å². The maximum absolute atomic E-state index is 12.6. The number of para-hydroxylation sites is 1. The smallest absolute Gasteiger partial charge is 0.262 e. The number of carbonyl (C=O) groups is 1. The number of aromatic nitrogens is 1. The minimum absolute atomic E-state index is 0.0628. The predicted molar refractivity (Wildman–Crippen MR) is 118 cm³/mol. The number of aryl methyl sites for hydroxylation is 4. The van der Waals surface area contributed by atoms with Gasteiger partial charge >= 0.3 is 0 Å². The summed E-state index contributed by atoms with van der Waals surface area (Å²) >= 11 is 0. The average molecular weight is 400 g/mol. The predicted octanol–water partition coefficient (Wildman–Crippen LogP) is 5.49. The second-order valence-electron chi connectivity index (χ2n) is 7.99. The Morgan fingerprint density at radius 2 is 1.97 bits per heavy atom. The molecular formula is C25H24N2O3. The molecule has 5 nitrogen and oxygen atoms in total. The first kappa shape index (κ1) is 18.7. The summed E-state index contributed by atoms with van der Waals surface area (Å²) in [7, 11) is 0. The second kappa shape index (κ2) is 7.48. The highest BCUT2D eigenvalue weighted by atomic mass is 16.5. The zero-order chi connectivity index (χ0) is 20.7. The third-order valence-electron chi connectivity index (χ3n) is 5.74. The first-order valence-electron chi connectivity index (χ1n) is 10.4. The largest absolute Gasteiger partial charge is 0.484 e. The van der Waals surface area contributed by atoms with E-state index in [4.69, 9.17) is 9.15 Å². The Hall–Kier alpha value is -3.34. The molecule has 0 radical (unpaired) electrons. The van der Waals surface area contributed by atoms with Crippen LogP contribution in [0.5, 0.6) is 5.75 Å². The fourth-order valence-corrected chi connectivity index (χ4v) is 4.35. The highest BCUT2D eigenvalue weighted by molar-refractivity contribution is 6.01. The summed E-state index contributed by atoms with van der Waals surface area (Å²) in [5, 5.41) is 5.09. The van der Waals surface area contributed by atoms with Crippen LogP contribution in [0, 0.1) is 13.8 Å². The van der Waals surface area contributed by atoms with Gasteiger partial charge in [0.25, 0.3) is 5.91 Å². The standard InChI is InChI=1S/C25H24N2O3/c1-15-12-16(2)26-25-18(15)7-5-8-21(25)27-24(28)14-29-17-10-11-23-20(13-17)19-6-3-4-9-22(19)30-23/h5,7-8,10-13H,3-4,6,9,14H2,1-2H3,(H,27,28). The summed E-state index contributed by atoms with van der Waals surface area (Å²) in [5.41, 5.74) is 5.75. The number of furan rings is 1. The molecule has 1 amide bonds. The van der Waals surface area contributed by atoms with Gasteiger partial charge in [-0.3, -0.25) is 9.78 Å². The number of carbonyl (C=O) groups excluding carboxylic acids is 1. The summed E-state index contributed by atoms with van der Waals surface area (Å²) in [5.74, 6) is 1.56. The Bertz CT molecular complexity index is 1270. The Balaban J connectivity index is 1.33. The number of nitrogens with one attached hydrogen (secondary N) is 1. The fraction of sp³-hybridized carbons (Fsp3) is 0.280. The Morgan fingerprint density at radius 1 is 1.10 bits per heavy atom. The van der Waals surface area contributed by atoms with E-state index in [0.717, 1.165) is 51.7 Å². The molecule has 0 bridgehead atoms. The summed E-state index contributed by atoms with van der Waals surface area (Å²) in [4.78, 5) is 17.2. The van der Waals surface area contributed by atoms with Crippen molar-refractivity contribution in [3.05, 3.63) is 65.0 Å². The fourth-order valence-electron chi connectivity index (χ4n) is 4.35. The molecule has 0 saturated heterocycles. The third kappa shape index (κ3) is 3.41. The Kier molecular flexibility index (Phi) is 4.66. The molecule has 0 aliphatic heterocycles. The lowest BCUT2D eigenvalue weighted by atomic mass is 9.96. The van der Waals surface area contributed by atoms with Gasteiger partial charge in [0.1, 0.15) is 17.1 Å². The van der Waals surface area contributed by atoms with E-state index in [-0.39, 0.29) is 12.5 Å². The number of hydrogen-bond acceptors (Lipinski definition) is 4. The Labute approximate surface area is 175 Å². The van der Waals surface area contributed by atoms with Crippen molar-refractivity contribution in [2.75, 3.05) is 11.9 Å². The highest BCUT2D eigenvalue weighted by Crippen LogP contribution is 2.34. The van der Waals surface area contributed by atoms with Crippen LogP contribution < -0.4 is 10.1 Å². The van der Waals surface area contributed by atoms with E-state index < -0.39 is 0 Å². The highest BCUT2D eigenvalue weighted by Gasteiger charge is 2.18. The first-order valence-corrected chi connectivity index (χ1v) is 10.4. The van der Waals surface area contributed by atoms with Crippen molar-refractivity contribution in [3.8, 4) is 5.75 Å². The quantitative estimate of drug-likeness (QED) is 0.492. The molecule has 2 aromatic heterocycles. The molecule has 0 unspecified atom stereocenters. The van der Waals surface area contributed by atoms with Crippen molar-refractivity contribution in [2.45, 2.75) is 39.5 Å². The molecule has 1 aliphatic carbocycles. The summed E-state index contributed by atoms with van der Waals surface area (Å²) in [6, 6.07) is 13.6. The van der Waals surface area contributed by atoms with Crippen molar-refractivity contribution in [1.82, 2.24) is 4.98 Å². The molecule has 0 fully saturated rings. The van der Waals surface area contributed by atoms with E-state index in [9.17, 15) is 4.79 Å². The number of hydrogen-bond donors (Lipinski definition) is 1. The van der Waals surface area contributed by atoms with Crippen molar-refractivity contribution in [2.24, 2.45) is 0 Å². The summed E-state index contributed by atoms with van der Waals surface area (Å²) in [6.07, 6.45) is 4.41. The van der Waals surface area contributed by atoms with Crippen LogP contribution in [0.25, 0.3) is 21.9 Å². The molecule has 4 aromatic rings. The topological polar surface area (TPSA) is 64.4 Å². The maximum atomic E-state index is 12.6. The van der Waals surface area contributed by atoms with Crippen LogP contribution in [0.2, 0.25) is 0 Å². The number of nitrogens with zero attached hydrogens (tertiary/aromatic N) is 1. The zero-order valence-corrected chi connectivity index (χ0v) is 17.2. The monoisotopic (exact) mass is 400 g/mol. The number of amides is 1. The molecule has 2 aromatic carbocycles. The lowest BCUT2D eigenvalue weighted by molar-refractivity contribution is -0.118. The van der Waals surface area contributed by atoms with Gasteiger partial charge in [-0.2, -0.15) is 0 Å². The lowest BCUT2D eigenvalue weighted by Gasteiger charge is -2.11. The molecule has 152 valence electrons. The molecule has 1 N–H and O–H groups in total. The number of rotatable bonds is 4. The first-order chi connectivity index (χ1) is 14.6. The molecule has 5 heteroatoms.